The molecule has 3 N–H and O–H groups in total. The topological polar surface area (TPSA) is 89.1 Å². The number of nitrogens with two attached hydrogens (primary N) is 1. The van der Waals surface area contributed by atoms with Crippen LogP contribution in [0.1, 0.15) is 44.3 Å². The Kier molecular flexibility index (Phi) is 6.39. The number of urea groups is 1. The van der Waals surface area contributed by atoms with Crippen LogP contribution in [0, 0.1) is 0 Å². The second-order valence-electron chi connectivity index (χ2n) is 5.70. The first-order valence-corrected chi connectivity index (χ1v) is 8.00. The van der Waals surface area contributed by atoms with Crippen LogP contribution in [0.4, 0.5) is 4.79 Å². The zero-order chi connectivity index (χ0) is 15.8. The molecule has 0 bridgehead atoms. The van der Waals surface area contributed by atoms with Crippen LogP contribution in [0.2, 0.25) is 0 Å². The van der Waals surface area contributed by atoms with Crippen molar-refractivity contribution in [3.05, 3.63) is 24.0 Å². The van der Waals surface area contributed by atoms with E-state index in [2.05, 4.69) is 39.6 Å². The average molecular weight is 306 g/mol. The molecule has 7 heteroatoms. The van der Waals surface area contributed by atoms with E-state index in [1.807, 2.05) is 10.9 Å². The van der Waals surface area contributed by atoms with Gasteiger partial charge in [0.15, 0.2) is 0 Å². The zero-order valence-electron chi connectivity index (χ0n) is 13.2. The van der Waals surface area contributed by atoms with Crippen molar-refractivity contribution < 1.29 is 4.79 Å². The van der Waals surface area contributed by atoms with Crippen LogP contribution in [0.25, 0.3) is 0 Å². The van der Waals surface area contributed by atoms with E-state index in [1.165, 1.54) is 6.42 Å². The lowest BCUT2D eigenvalue weighted by molar-refractivity contribution is 0.193. The van der Waals surface area contributed by atoms with Gasteiger partial charge in [0, 0.05) is 19.6 Å². The van der Waals surface area contributed by atoms with E-state index >= 15 is 0 Å². The summed E-state index contributed by atoms with van der Waals surface area (Å²) in [7, 11) is 0. The first-order valence-electron chi connectivity index (χ1n) is 8.00. The molecule has 122 valence electrons. The minimum atomic E-state index is -0.543. The maximum absolute atomic E-state index is 10.7. The second kappa shape index (κ2) is 8.53. The molecule has 0 spiro atoms. The van der Waals surface area contributed by atoms with Crippen molar-refractivity contribution in [2.45, 2.75) is 45.2 Å². The number of nitrogens with zero attached hydrogens (tertiary/aromatic N) is 4. The van der Waals surface area contributed by atoms with Gasteiger partial charge in [0.25, 0.3) is 0 Å². The van der Waals surface area contributed by atoms with Gasteiger partial charge in [-0.2, -0.15) is 0 Å². The number of amides is 2. The average Bonchev–Trinajstić information content (AvgIpc) is 2.99. The van der Waals surface area contributed by atoms with E-state index in [4.69, 9.17) is 5.73 Å². The highest BCUT2D eigenvalue weighted by Crippen LogP contribution is 2.21. The fourth-order valence-corrected chi connectivity index (χ4v) is 2.63. The fourth-order valence-electron chi connectivity index (χ4n) is 2.63. The predicted octanol–water partition coefficient (Wildman–Crippen LogP) is 1.44. The summed E-state index contributed by atoms with van der Waals surface area (Å²) in [5.41, 5.74) is 5.79. The van der Waals surface area contributed by atoms with Gasteiger partial charge in [-0.25, -0.2) is 9.48 Å². The van der Waals surface area contributed by atoms with Crippen molar-refractivity contribution in [2.75, 3.05) is 19.6 Å². The van der Waals surface area contributed by atoms with Crippen molar-refractivity contribution >= 4 is 6.03 Å². The van der Waals surface area contributed by atoms with Crippen LogP contribution >= 0.6 is 0 Å². The Labute approximate surface area is 131 Å². The molecule has 1 aromatic heterocycles. The lowest BCUT2D eigenvalue weighted by Gasteiger charge is -2.30. The minimum absolute atomic E-state index is 0.330. The Morgan fingerprint density at radius 1 is 1.45 bits per heavy atom. The van der Waals surface area contributed by atoms with Gasteiger partial charge in [-0.15, -0.1) is 5.10 Å². The van der Waals surface area contributed by atoms with Crippen LogP contribution in [-0.2, 0) is 6.54 Å². The highest BCUT2D eigenvalue weighted by atomic mass is 16.2. The Hall–Kier alpha value is -1.89. The number of hydrogen-bond donors (Lipinski definition) is 2. The van der Waals surface area contributed by atoms with Gasteiger partial charge in [-0.3, -0.25) is 4.90 Å². The Morgan fingerprint density at radius 3 is 2.91 bits per heavy atom. The van der Waals surface area contributed by atoms with E-state index in [-0.39, 0.29) is 0 Å². The third-order valence-electron chi connectivity index (χ3n) is 3.92. The SMILES string of the molecule is CCCC=CCN1CCC(n2cc(CNC(N)=O)nn2)CC1. The molecular weight excluding hydrogens is 280 g/mol. The molecule has 0 saturated carbocycles. The monoisotopic (exact) mass is 306 g/mol. The Morgan fingerprint density at radius 2 is 2.23 bits per heavy atom. The molecule has 2 amide bonds. The van der Waals surface area contributed by atoms with Crippen molar-refractivity contribution in [1.29, 1.82) is 0 Å². The lowest BCUT2D eigenvalue weighted by atomic mass is 10.1. The number of likely N-dealkylation sites (tertiary alicyclic amines) is 1. The molecule has 0 aromatic carbocycles. The Bertz CT molecular complexity index is 490. The van der Waals surface area contributed by atoms with E-state index in [0.29, 0.717) is 12.6 Å². The highest BCUT2D eigenvalue weighted by Gasteiger charge is 2.20. The van der Waals surface area contributed by atoms with Crippen molar-refractivity contribution in [2.24, 2.45) is 5.73 Å². The Balaban J connectivity index is 1.75. The van der Waals surface area contributed by atoms with Crippen molar-refractivity contribution in [1.82, 2.24) is 25.2 Å². The predicted molar refractivity (Wildman–Crippen MR) is 85.2 cm³/mol. The molecule has 1 aliphatic rings. The summed E-state index contributed by atoms with van der Waals surface area (Å²) in [6.07, 6.45) is 11.0. The van der Waals surface area contributed by atoms with Gasteiger partial charge in [0.2, 0.25) is 0 Å². The maximum Gasteiger partial charge on any atom is 0.312 e. The number of hydrogen-bond acceptors (Lipinski definition) is 4. The number of allylic oxidation sites excluding steroid dienone is 1. The maximum atomic E-state index is 10.7. The molecule has 0 aliphatic carbocycles. The number of carbonyl (C=O) groups is 1. The van der Waals surface area contributed by atoms with Crippen molar-refractivity contribution in [3.8, 4) is 0 Å². The lowest BCUT2D eigenvalue weighted by Crippen LogP contribution is -2.34. The van der Waals surface area contributed by atoms with Gasteiger partial charge in [0.05, 0.1) is 18.8 Å². The molecule has 2 rings (SSSR count). The van der Waals surface area contributed by atoms with Crippen LogP contribution in [0.15, 0.2) is 18.3 Å². The molecule has 7 nitrogen and oxygen atoms in total. The summed E-state index contributed by atoms with van der Waals surface area (Å²) in [5.74, 6) is 0. The quantitative estimate of drug-likeness (QED) is 0.746. The van der Waals surface area contributed by atoms with Crippen LogP contribution in [-0.4, -0.2) is 45.6 Å². The standard InChI is InChI=1S/C15H26N6O/c1-2-3-4-5-8-20-9-6-14(7-10-20)21-12-13(18-19-21)11-17-15(16)22/h4-5,12,14H,2-3,6-11H2,1H3,(H3,16,17,22). The van der Waals surface area contributed by atoms with Gasteiger partial charge in [-0.1, -0.05) is 30.7 Å². The largest absolute Gasteiger partial charge is 0.352 e. The van der Waals surface area contributed by atoms with E-state index in [0.717, 1.165) is 44.6 Å². The fraction of sp³-hybridized carbons (Fsp3) is 0.667. The molecule has 1 aliphatic heterocycles. The number of rotatable bonds is 7. The van der Waals surface area contributed by atoms with Gasteiger partial charge < -0.3 is 11.1 Å². The third kappa shape index (κ3) is 5.14. The van der Waals surface area contributed by atoms with E-state index < -0.39 is 6.03 Å². The van der Waals surface area contributed by atoms with E-state index in [9.17, 15) is 4.79 Å². The zero-order valence-corrected chi connectivity index (χ0v) is 13.2. The molecule has 1 fully saturated rings. The number of unbranched alkanes of at least 4 members (excludes halogenated alkanes) is 1. The first-order chi connectivity index (χ1) is 10.7. The second-order valence-corrected chi connectivity index (χ2v) is 5.70. The number of aromatic nitrogens is 3. The molecule has 1 saturated heterocycles. The summed E-state index contributed by atoms with van der Waals surface area (Å²) in [6.45, 7) is 5.72. The number of primary amides is 1. The third-order valence-corrected chi connectivity index (χ3v) is 3.92. The molecular formula is C15H26N6O. The molecule has 0 atom stereocenters. The summed E-state index contributed by atoms with van der Waals surface area (Å²) >= 11 is 0. The van der Waals surface area contributed by atoms with Crippen LogP contribution < -0.4 is 11.1 Å². The molecule has 22 heavy (non-hydrogen) atoms. The first kappa shape index (κ1) is 16.5. The van der Waals surface area contributed by atoms with Gasteiger partial charge >= 0.3 is 6.03 Å². The molecule has 0 unspecified atom stereocenters. The minimum Gasteiger partial charge on any atom is -0.352 e. The van der Waals surface area contributed by atoms with E-state index in [1.54, 1.807) is 0 Å². The molecule has 2 heterocycles. The number of nitrogens with one attached hydrogen (secondary N) is 1. The molecule has 1 aromatic rings. The van der Waals surface area contributed by atoms with Gasteiger partial charge in [-0.05, 0) is 19.3 Å². The van der Waals surface area contributed by atoms with Gasteiger partial charge in [0.1, 0.15) is 5.69 Å². The summed E-state index contributed by atoms with van der Waals surface area (Å²) in [5, 5.41) is 10.8. The number of carbonyl (C=O) groups excluding carboxylic acids is 1. The summed E-state index contributed by atoms with van der Waals surface area (Å²) in [4.78, 5) is 13.2. The highest BCUT2D eigenvalue weighted by molar-refractivity contribution is 5.71. The summed E-state index contributed by atoms with van der Waals surface area (Å²) in [6, 6.07) is -0.148. The number of piperidine rings is 1. The molecule has 0 radical (unpaired) electrons. The van der Waals surface area contributed by atoms with Crippen molar-refractivity contribution in [3.63, 3.8) is 0 Å². The smallest absolute Gasteiger partial charge is 0.312 e. The van der Waals surface area contributed by atoms with Crippen LogP contribution in [0.3, 0.4) is 0 Å². The summed E-state index contributed by atoms with van der Waals surface area (Å²) < 4.78 is 1.92. The normalized spacial score (nSPS) is 17.1. The van der Waals surface area contributed by atoms with Crippen LogP contribution in [0.5, 0.6) is 0 Å².